The molecule has 0 aromatic heterocycles. The van der Waals surface area contributed by atoms with Crippen molar-refractivity contribution < 1.29 is 4.39 Å². The van der Waals surface area contributed by atoms with Crippen molar-refractivity contribution in [2.45, 2.75) is 38.3 Å². The molecule has 1 atom stereocenters. The van der Waals surface area contributed by atoms with E-state index in [-0.39, 0.29) is 11.4 Å². The largest absolute Gasteiger partial charge is 0.310 e. The van der Waals surface area contributed by atoms with Crippen molar-refractivity contribution in [2.24, 2.45) is 0 Å². The van der Waals surface area contributed by atoms with Gasteiger partial charge in [0.25, 0.3) is 0 Å². The molecule has 100 valence electrons. The first kappa shape index (κ1) is 13.5. The highest BCUT2D eigenvalue weighted by Gasteiger charge is 2.27. The maximum absolute atomic E-state index is 13.6. The van der Waals surface area contributed by atoms with E-state index in [1.165, 1.54) is 25.3 Å². The Morgan fingerprint density at radius 2 is 2.11 bits per heavy atom. The molecule has 1 unspecified atom stereocenters. The Hall–Kier alpha value is -0.930. The van der Waals surface area contributed by atoms with E-state index in [1.54, 1.807) is 6.07 Å². The Balaban J connectivity index is 1.92. The van der Waals surface area contributed by atoms with Crippen molar-refractivity contribution in [3.8, 4) is 0 Å². The summed E-state index contributed by atoms with van der Waals surface area (Å²) in [4.78, 5) is 2.21. The number of likely N-dealkylation sites (N-methyl/N-ethyl adjacent to an activating group) is 1. The van der Waals surface area contributed by atoms with Crippen LogP contribution in [-0.4, -0.2) is 30.6 Å². The molecular weight excluding hydrogens is 227 g/mol. The summed E-state index contributed by atoms with van der Waals surface area (Å²) in [7, 11) is 2.06. The molecule has 2 nitrogen and oxygen atoms in total. The van der Waals surface area contributed by atoms with Gasteiger partial charge in [0.15, 0.2) is 0 Å². The third kappa shape index (κ3) is 3.53. The van der Waals surface area contributed by atoms with Crippen molar-refractivity contribution in [1.29, 1.82) is 0 Å². The highest BCUT2D eigenvalue weighted by molar-refractivity contribution is 5.17. The van der Waals surface area contributed by atoms with Gasteiger partial charge in [-0.3, -0.25) is 0 Å². The van der Waals surface area contributed by atoms with Crippen LogP contribution in [0.4, 0.5) is 4.39 Å². The van der Waals surface area contributed by atoms with Crippen LogP contribution < -0.4 is 5.32 Å². The van der Waals surface area contributed by atoms with E-state index in [1.807, 2.05) is 12.1 Å². The van der Waals surface area contributed by atoms with Crippen molar-refractivity contribution in [2.75, 3.05) is 20.1 Å². The summed E-state index contributed by atoms with van der Waals surface area (Å²) in [6.07, 6.45) is 3.76. The molecule has 0 amide bonds. The van der Waals surface area contributed by atoms with Gasteiger partial charge in [0, 0.05) is 24.2 Å². The molecule has 1 aliphatic heterocycles. The molecule has 0 bridgehead atoms. The zero-order valence-electron chi connectivity index (χ0n) is 11.4. The van der Waals surface area contributed by atoms with Crippen LogP contribution in [0.3, 0.4) is 0 Å². The Morgan fingerprint density at radius 3 is 2.78 bits per heavy atom. The van der Waals surface area contributed by atoms with E-state index in [0.29, 0.717) is 6.54 Å². The normalized spacial score (nSPS) is 24.4. The Labute approximate surface area is 109 Å². The lowest BCUT2D eigenvalue weighted by Crippen LogP contribution is -2.52. The highest BCUT2D eigenvalue weighted by Crippen LogP contribution is 2.20. The fourth-order valence-electron chi connectivity index (χ4n) is 2.82. The topological polar surface area (TPSA) is 15.3 Å². The molecule has 1 heterocycles. The average Bonchev–Trinajstić information content (AvgIpc) is 2.32. The second-order valence-electron chi connectivity index (χ2n) is 5.71. The van der Waals surface area contributed by atoms with Gasteiger partial charge in [0.05, 0.1) is 0 Å². The van der Waals surface area contributed by atoms with Crippen molar-refractivity contribution in [1.82, 2.24) is 10.2 Å². The SMILES string of the molecule is CN(Cc1ccccc1F)CC1(C)CCCCN1. The molecule has 1 aromatic rings. The van der Waals surface area contributed by atoms with Gasteiger partial charge in [-0.2, -0.15) is 0 Å². The standard InChI is InChI=1S/C15H23FN2/c1-15(9-5-6-10-17-15)12-18(2)11-13-7-3-4-8-14(13)16/h3-4,7-8,17H,5-6,9-12H2,1-2H3. The molecule has 1 N–H and O–H groups in total. The van der Waals surface area contributed by atoms with Crippen LogP contribution >= 0.6 is 0 Å². The number of benzene rings is 1. The monoisotopic (exact) mass is 250 g/mol. The van der Waals surface area contributed by atoms with Gasteiger partial charge < -0.3 is 10.2 Å². The molecule has 18 heavy (non-hydrogen) atoms. The third-order valence-corrected chi connectivity index (χ3v) is 3.72. The highest BCUT2D eigenvalue weighted by atomic mass is 19.1. The minimum atomic E-state index is -0.105. The van der Waals surface area contributed by atoms with Gasteiger partial charge in [-0.15, -0.1) is 0 Å². The Kier molecular flexibility index (Phi) is 4.36. The molecule has 0 radical (unpaired) electrons. The van der Waals surface area contributed by atoms with E-state index in [9.17, 15) is 4.39 Å². The lowest BCUT2D eigenvalue weighted by Gasteiger charge is -2.38. The maximum atomic E-state index is 13.6. The number of hydrogen-bond acceptors (Lipinski definition) is 2. The van der Waals surface area contributed by atoms with Crippen LogP contribution in [0.15, 0.2) is 24.3 Å². The van der Waals surface area contributed by atoms with Gasteiger partial charge in [-0.25, -0.2) is 4.39 Å². The van der Waals surface area contributed by atoms with E-state index in [2.05, 4.69) is 24.2 Å². The first-order valence-electron chi connectivity index (χ1n) is 6.76. The van der Waals surface area contributed by atoms with Crippen LogP contribution in [0.5, 0.6) is 0 Å². The minimum absolute atomic E-state index is 0.105. The molecule has 2 rings (SSSR count). The molecule has 1 fully saturated rings. The van der Waals surface area contributed by atoms with E-state index >= 15 is 0 Å². The predicted octanol–water partition coefficient (Wildman–Crippen LogP) is 2.79. The number of halogens is 1. The molecule has 3 heteroatoms. The zero-order chi connectivity index (χ0) is 13.0. The quantitative estimate of drug-likeness (QED) is 0.884. The van der Waals surface area contributed by atoms with Crippen molar-refractivity contribution >= 4 is 0 Å². The lowest BCUT2D eigenvalue weighted by molar-refractivity contribution is 0.181. The number of rotatable bonds is 4. The summed E-state index contributed by atoms with van der Waals surface area (Å²) < 4.78 is 13.6. The number of piperidine rings is 1. The summed E-state index contributed by atoms with van der Waals surface area (Å²) >= 11 is 0. The molecular formula is C15H23FN2. The summed E-state index contributed by atoms with van der Waals surface area (Å²) in [5, 5.41) is 3.59. The van der Waals surface area contributed by atoms with E-state index in [4.69, 9.17) is 0 Å². The van der Waals surface area contributed by atoms with Gasteiger partial charge in [0.1, 0.15) is 5.82 Å². The van der Waals surface area contributed by atoms with Crippen LogP contribution in [0.1, 0.15) is 31.7 Å². The number of hydrogen-bond donors (Lipinski definition) is 1. The van der Waals surface area contributed by atoms with Crippen LogP contribution in [0, 0.1) is 5.82 Å². The van der Waals surface area contributed by atoms with E-state index in [0.717, 1.165) is 18.7 Å². The molecule has 0 spiro atoms. The van der Waals surface area contributed by atoms with Crippen molar-refractivity contribution in [3.05, 3.63) is 35.6 Å². The molecule has 1 aromatic carbocycles. The number of nitrogens with one attached hydrogen (secondary N) is 1. The lowest BCUT2D eigenvalue weighted by atomic mass is 9.90. The third-order valence-electron chi connectivity index (χ3n) is 3.72. The molecule has 1 saturated heterocycles. The first-order chi connectivity index (χ1) is 8.59. The van der Waals surface area contributed by atoms with Gasteiger partial charge in [-0.1, -0.05) is 24.6 Å². The fourth-order valence-corrected chi connectivity index (χ4v) is 2.82. The molecule has 0 aliphatic carbocycles. The zero-order valence-corrected chi connectivity index (χ0v) is 11.4. The Morgan fingerprint density at radius 1 is 1.33 bits per heavy atom. The summed E-state index contributed by atoms with van der Waals surface area (Å²) in [5.41, 5.74) is 0.956. The predicted molar refractivity (Wildman–Crippen MR) is 73.0 cm³/mol. The Bertz CT molecular complexity index is 386. The summed E-state index contributed by atoms with van der Waals surface area (Å²) in [5.74, 6) is -0.105. The van der Waals surface area contributed by atoms with Crippen LogP contribution in [0.25, 0.3) is 0 Å². The van der Waals surface area contributed by atoms with Crippen LogP contribution in [0.2, 0.25) is 0 Å². The van der Waals surface area contributed by atoms with Crippen LogP contribution in [-0.2, 0) is 6.54 Å². The van der Waals surface area contributed by atoms with Gasteiger partial charge >= 0.3 is 0 Å². The summed E-state index contributed by atoms with van der Waals surface area (Å²) in [6, 6.07) is 7.03. The average molecular weight is 250 g/mol. The maximum Gasteiger partial charge on any atom is 0.127 e. The van der Waals surface area contributed by atoms with Gasteiger partial charge in [0.2, 0.25) is 0 Å². The smallest absolute Gasteiger partial charge is 0.127 e. The second-order valence-corrected chi connectivity index (χ2v) is 5.71. The second kappa shape index (κ2) is 5.81. The molecule has 1 aliphatic rings. The van der Waals surface area contributed by atoms with E-state index < -0.39 is 0 Å². The first-order valence-corrected chi connectivity index (χ1v) is 6.76. The molecule has 0 saturated carbocycles. The minimum Gasteiger partial charge on any atom is -0.310 e. The van der Waals surface area contributed by atoms with Crippen molar-refractivity contribution in [3.63, 3.8) is 0 Å². The number of nitrogens with zero attached hydrogens (tertiary/aromatic N) is 1. The summed E-state index contributed by atoms with van der Waals surface area (Å²) in [6.45, 7) is 5.00. The van der Waals surface area contributed by atoms with Gasteiger partial charge in [-0.05, 0) is 39.4 Å². The fraction of sp³-hybridized carbons (Fsp3) is 0.600.